The first-order valence-electron chi connectivity index (χ1n) is 12.1. The topological polar surface area (TPSA) is 184 Å². The number of rotatable bonds is 6. The predicted octanol–water partition coefficient (Wildman–Crippen LogP) is 1.26. The van der Waals surface area contributed by atoms with Gasteiger partial charge in [0.15, 0.2) is 34.7 Å². The van der Waals surface area contributed by atoms with Gasteiger partial charge in [0.1, 0.15) is 36.2 Å². The Balaban J connectivity index is 1.50. The minimum Gasteiger partial charge on any atom is -0.503 e. The molecule has 3 aromatic heterocycles. The van der Waals surface area contributed by atoms with Gasteiger partial charge >= 0.3 is 0 Å². The Bertz CT molecular complexity index is 1680. The number of imidazole rings is 1. The number of furan rings is 1. The lowest BCUT2D eigenvalue weighted by Crippen LogP contribution is -2.33. The summed E-state index contributed by atoms with van der Waals surface area (Å²) < 4.78 is 27.5. The maximum Gasteiger partial charge on any atom is 0.295 e. The predicted molar refractivity (Wildman–Crippen MR) is 132 cm³/mol. The van der Waals surface area contributed by atoms with Crippen molar-refractivity contribution in [2.24, 2.45) is 0 Å². The highest BCUT2D eigenvalue weighted by molar-refractivity contribution is 6.21. The molecule has 2 aliphatic rings. The van der Waals surface area contributed by atoms with Crippen molar-refractivity contribution in [1.82, 2.24) is 19.5 Å². The van der Waals surface area contributed by atoms with E-state index in [4.69, 9.17) is 9.15 Å². The third-order valence-electron chi connectivity index (χ3n) is 6.98. The normalized spacial score (nSPS) is 25.0. The van der Waals surface area contributed by atoms with Gasteiger partial charge in [0.25, 0.3) is 5.91 Å². The number of aryl methyl sites for hydroxylation is 1. The highest BCUT2D eigenvalue weighted by atomic mass is 19.1. The number of hydrogen-bond donors (Lipinski definition) is 4. The molecule has 1 fully saturated rings. The van der Waals surface area contributed by atoms with Gasteiger partial charge in [-0.3, -0.25) is 19.1 Å². The van der Waals surface area contributed by atoms with Crippen LogP contribution in [-0.4, -0.2) is 76.6 Å². The largest absolute Gasteiger partial charge is 0.503 e. The van der Waals surface area contributed by atoms with Crippen LogP contribution in [0.15, 0.2) is 64.8 Å². The van der Waals surface area contributed by atoms with Crippen molar-refractivity contribution in [2.75, 3.05) is 11.5 Å². The third kappa shape index (κ3) is 3.80. The zero-order chi connectivity index (χ0) is 28.3. The molecule has 14 heteroatoms. The minimum atomic E-state index is -1.45. The summed E-state index contributed by atoms with van der Waals surface area (Å²) in [6.45, 7) is 1.07. The number of nitrogens with zero attached hydrogens (tertiary/aromatic N) is 5. The summed E-state index contributed by atoms with van der Waals surface area (Å²) in [5.74, 6) is -3.43. The van der Waals surface area contributed by atoms with E-state index in [9.17, 15) is 30.0 Å². The first kappa shape index (κ1) is 25.8. The quantitative estimate of drug-likeness (QED) is 0.253. The fourth-order valence-electron chi connectivity index (χ4n) is 5.05. The molecule has 6 rings (SSSR count). The molecule has 0 aliphatic carbocycles. The Morgan fingerprint density at radius 3 is 2.55 bits per heavy atom. The molecule has 13 nitrogen and oxygen atoms in total. The van der Waals surface area contributed by atoms with E-state index in [-0.39, 0.29) is 28.3 Å². The molecule has 40 heavy (non-hydrogen) atoms. The fourth-order valence-corrected chi connectivity index (χ4v) is 5.05. The van der Waals surface area contributed by atoms with Crippen LogP contribution in [0.4, 0.5) is 10.2 Å². The van der Waals surface area contributed by atoms with Crippen LogP contribution >= 0.6 is 0 Å². The van der Waals surface area contributed by atoms with E-state index in [1.54, 1.807) is 6.92 Å². The number of aromatic nitrogens is 4. The average Bonchev–Trinajstić information content (AvgIpc) is 3.70. The first-order chi connectivity index (χ1) is 19.2. The van der Waals surface area contributed by atoms with Crippen molar-refractivity contribution in [1.29, 1.82) is 0 Å². The molecule has 5 atom stereocenters. The summed E-state index contributed by atoms with van der Waals surface area (Å²) in [6, 6.07) is 6.94. The Morgan fingerprint density at radius 1 is 1.10 bits per heavy atom. The fraction of sp³-hybridized carbons (Fsp3) is 0.269. The second-order valence-electron chi connectivity index (χ2n) is 9.35. The van der Waals surface area contributed by atoms with E-state index < -0.39 is 66.0 Å². The van der Waals surface area contributed by atoms with Gasteiger partial charge in [0, 0.05) is 5.56 Å². The van der Waals surface area contributed by atoms with Crippen molar-refractivity contribution in [2.45, 2.75) is 37.5 Å². The molecule has 5 heterocycles. The van der Waals surface area contributed by atoms with Crippen LogP contribution < -0.4 is 4.90 Å². The highest BCUT2D eigenvalue weighted by Crippen LogP contribution is 2.44. The van der Waals surface area contributed by atoms with Gasteiger partial charge < -0.3 is 29.6 Å². The molecular formula is C26H22FN5O8. The number of carbonyl (C=O) groups excluding carboxylic acids is 2. The first-order valence-corrected chi connectivity index (χ1v) is 12.1. The van der Waals surface area contributed by atoms with E-state index in [0.29, 0.717) is 5.76 Å². The van der Waals surface area contributed by atoms with Crippen molar-refractivity contribution in [3.63, 3.8) is 0 Å². The smallest absolute Gasteiger partial charge is 0.295 e. The molecule has 1 amide bonds. The standard InChI is InChI=1S/C26H22FN5O8/c1-11-6-7-14(39-11)19(34)16-18(12-4-2-3-5-13(12)27)32(25(38)21(16)36)24-17-23(28-9-29-24)31(10-30-17)26-22(37)20(35)15(8-33)40-26/h2-7,9-10,15,18,20,22,26,33,35-37H,8H2,1H3. The highest BCUT2D eigenvalue weighted by Gasteiger charge is 2.48. The molecule has 0 bridgehead atoms. The molecule has 206 valence electrons. The van der Waals surface area contributed by atoms with E-state index in [0.717, 1.165) is 17.3 Å². The Labute approximate surface area is 224 Å². The molecule has 1 aromatic carbocycles. The van der Waals surface area contributed by atoms with Crippen molar-refractivity contribution in [3.05, 3.63) is 83.3 Å². The van der Waals surface area contributed by atoms with Gasteiger partial charge in [-0.2, -0.15) is 0 Å². The van der Waals surface area contributed by atoms with Crippen LogP contribution in [0.3, 0.4) is 0 Å². The van der Waals surface area contributed by atoms with E-state index in [2.05, 4.69) is 15.0 Å². The molecule has 4 N–H and O–H groups in total. The molecule has 1 saturated heterocycles. The molecular weight excluding hydrogens is 529 g/mol. The second-order valence-corrected chi connectivity index (χ2v) is 9.35. The van der Waals surface area contributed by atoms with Gasteiger partial charge in [-0.25, -0.2) is 19.3 Å². The third-order valence-corrected chi connectivity index (χ3v) is 6.98. The summed E-state index contributed by atoms with van der Waals surface area (Å²) in [5.41, 5.74) is -0.466. The van der Waals surface area contributed by atoms with Gasteiger partial charge in [-0.1, -0.05) is 18.2 Å². The van der Waals surface area contributed by atoms with Crippen LogP contribution in [0.25, 0.3) is 11.2 Å². The van der Waals surface area contributed by atoms with E-state index >= 15 is 4.39 Å². The monoisotopic (exact) mass is 551 g/mol. The number of hydrogen-bond acceptors (Lipinski definition) is 11. The zero-order valence-corrected chi connectivity index (χ0v) is 20.7. The Hall–Kier alpha value is -4.50. The molecule has 4 aromatic rings. The average molecular weight is 551 g/mol. The summed E-state index contributed by atoms with van der Waals surface area (Å²) in [7, 11) is 0. The molecule has 0 spiro atoms. The van der Waals surface area contributed by atoms with Crippen molar-refractivity contribution >= 4 is 28.7 Å². The summed E-state index contributed by atoms with van der Waals surface area (Å²) in [6.07, 6.45) is -2.78. The number of carbonyl (C=O) groups is 2. The maximum absolute atomic E-state index is 15.2. The summed E-state index contributed by atoms with van der Waals surface area (Å²) in [4.78, 5) is 40.6. The number of amides is 1. The number of benzene rings is 1. The Kier molecular flexibility index (Phi) is 6.18. The van der Waals surface area contributed by atoms with Crippen LogP contribution in [0.1, 0.15) is 34.1 Å². The number of Topliss-reactive ketones (excluding diaryl/α,β-unsaturated/α-hetero) is 1. The SMILES string of the molecule is Cc1ccc(C(=O)C2=C(O)C(=O)N(c3ncnc4c3ncn4C3OC(CO)C(O)C3O)C2c2ccccc2F)o1. The van der Waals surface area contributed by atoms with Crippen LogP contribution in [0, 0.1) is 12.7 Å². The van der Waals surface area contributed by atoms with Gasteiger partial charge in [0.05, 0.1) is 24.5 Å². The lowest BCUT2D eigenvalue weighted by molar-refractivity contribution is -0.117. The zero-order valence-electron chi connectivity index (χ0n) is 20.7. The van der Waals surface area contributed by atoms with Crippen LogP contribution in [0.2, 0.25) is 0 Å². The number of fused-ring (bicyclic) bond motifs is 1. The molecule has 5 unspecified atom stereocenters. The number of aliphatic hydroxyl groups excluding tert-OH is 4. The molecule has 0 saturated carbocycles. The van der Waals surface area contributed by atoms with Crippen molar-refractivity contribution in [3.8, 4) is 0 Å². The lowest BCUT2D eigenvalue weighted by atomic mass is 9.94. The minimum absolute atomic E-state index is 0.00901. The summed E-state index contributed by atoms with van der Waals surface area (Å²) in [5, 5.41) is 41.1. The number of anilines is 1. The summed E-state index contributed by atoms with van der Waals surface area (Å²) >= 11 is 0. The number of halogens is 1. The van der Waals surface area contributed by atoms with Crippen LogP contribution in [0.5, 0.6) is 0 Å². The van der Waals surface area contributed by atoms with Crippen molar-refractivity contribution < 1.29 is 43.6 Å². The molecule has 2 aliphatic heterocycles. The number of ether oxygens (including phenoxy) is 1. The number of ketones is 1. The number of aliphatic hydroxyl groups is 4. The van der Waals surface area contributed by atoms with Gasteiger partial charge in [-0.05, 0) is 25.1 Å². The second kappa shape index (κ2) is 9.60. The maximum atomic E-state index is 15.2. The lowest BCUT2D eigenvalue weighted by Gasteiger charge is -2.26. The Morgan fingerprint density at radius 2 is 1.88 bits per heavy atom. The molecule has 0 radical (unpaired) electrons. The van der Waals surface area contributed by atoms with Gasteiger partial charge in [-0.15, -0.1) is 0 Å². The van der Waals surface area contributed by atoms with Crippen LogP contribution in [-0.2, 0) is 9.53 Å². The van der Waals surface area contributed by atoms with E-state index in [1.807, 2.05) is 0 Å². The van der Waals surface area contributed by atoms with Gasteiger partial charge in [0.2, 0.25) is 5.78 Å². The van der Waals surface area contributed by atoms with E-state index in [1.165, 1.54) is 41.2 Å².